The van der Waals surface area contributed by atoms with E-state index in [1.807, 2.05) is 12.1 Å². The molecule has 31 heavy (non-hydrogen) atoms. The van der Waals surface area contributed by atoms with E-state index in [9.17, 15) is 13.6 Å². The molecule has 1 fully saturated rings. The second-order valence-electron chi connectivity index (χ2n) is 7.05. The summed E-state index contributed by atoms with van der Waals surface area (Å²) in [5, 5.41) is 12.2. The third kappa shape index (κ3) is 5.78. The molecular weight excluding hydrogens is 424 g/mol. The number of ether oxygens (including phenoxy) is 1. The first kappa shape index (κ1) is 21.2. The van der Waals surface area contributed by atoms with Crippen LogP contribution in [0.4, 0.5) is 8.78 Å². The molecule has 0 bridgehead atoms. The van der Waals surface area contributed by atoms with Gasteiger partial charge in [0.1, 0.15) is 5.75 Å². The van der Waals surface area contributed by atoms with Crippen LogP contribution in [0.2, 0.25) is 0 Å². The van der Waals surface area contributed by atoms with Gasteiger partial charge in [0.25, 0.3) is 0 Å². The summed E-state index contributed by atoms with van der Waals surface area (Å²) in [7, 11) is 0. The number of nitrogens with one attached hydrogen (secondary N) is 1. The summed E-state index contributed by atoms with van der Waals surface area (Å²) < 4.78 is 30.8. The Morgan fingerprint density at radius 2 is 1.90 bits per heavy atom. The summed E-state index contributed by atoms with van der Waals surface area (Å²) in [6.07, 6.45) is 6.20. The highest BCUT2D eigenvalue weighted by Crippen LogP contribution is 2.40. The Balaban J connectivity index is 1.27. The average molecular weight is 445 g/mol. The van der Waals surface area contributed by atoms with Gasteiger partial charge in [0.2, 0.25) is 5.91 Å². The van der Waals surface area contributed by atoms with E-state index in [1.165, 1.54) is 23.9 Å². The molecular formula is C21H21F2N5O2S. The second kappa shape index (κ2) is 9.86. The number of benzene rings is 1. The molecule has 162 valence electrons. The molecule has 3 aromatic rings. The topological polar surface area (TPSA) is 81.9 Å². The normalized spacial score (nSPS) is 13.4. The first-order valence-corrected chi connectivity index (χ1v) is 10.9. The molecule has 1 amide bonds. The van der Waals surface area contributed by atoms with Crippen molar-refractivity contribution in [2.24, 2.45) is 0 Å². The smallest absolute Gasteiger partial charge is 0.387 e. The van der Waals surface area contributed by atoms with Crippen molar-refractivity contribution in [3.8, 4) is 17.1 Å². The number of halogens is 2. The van der Waals surface area contributed by atoms with Crippen LogP contribution in [0.5, 0.6) is 5.75 Å². The van der Waals surface area contributed by atoms with Gasteiger partial charge in [0, 0.05) is 30.5 Å². The molecule has 0 unspecified atom stereocenters. The summed E-state index contributed by atoms with van der Waals surface area (Å²) in [6.45, 7) is -2.39. The average Bonchev–Trinajstić information content (AvgIpc) is 3.52. The number of hydrogen-bond donors (Lipinski definition) is 1. The number of pyridine rings is 1. The standard InChI is InChI=1S/C21H21F2N5O2S/c22-20(23)30-17-5-1-14(2-6-17)7-12-25-18(29)13-31-21-27-26-19(28(21)16-3-4-16)15-8-10-24-11-9-15/h1-2,5-6,8-11,16,20H,3-4,7,12-13H2,(H,25,29). The van der Waals surface area contributed by atoms with Gasteiger partial charge in [0.15, 0.2) is 11.0 Å². The number of carbonyl (C=O) groups is 1. The highest BCUT2D eigenvalue weighted by molar-refractivity contribution is 7.99. The molecule has 0 radical (unpaired) electrons. The van der Waals surface area contributed by atoms with Gasteiger partial charge >= 0.3 is 6.61 Å². The van der Waals surface area contributed by atoms with Crippen molar-refractivity contribution in [1.82, 2.24) is 25.1 Å². The number of aromatic nitrogens is 4. The van der Waals surface area contributed by atoms with Gasteiger partial charge in [-0.05, 0) is 49.1 Å². The molecule has 2 aromatic heterocycles. The molecule has 2 heterocycles. The van der Waals surface area contributed by atoms with E-state index in [1.54, 1.807) is 24.5 Å². The molecule has 7 nitrogen and oxygen atoms in total. The van der Waals surface area contributed by atoms with E-state index >= 15 is 0 Å². The van der Waals surface area contributed by atoms with Crippen LogP contribution in [0.3, 0.4) is 0 Å². The zero-order chi connectivity index (χ0) is 21.6. The summed E-state index contributed by atoms with van der Waals surface area (Å²) >= 11 is 1.37. The lowest BCUT2D eigenvalue weighted by molar-refractivity contribution is -0.118. The maximum atomic E-state index is 12.3. The van der Waals surface area contributed by atoms with Crippen molar-refractivity contribution >= 4 is 17.7 Å². The van der Waals surface area contributed by atoms with Crippen LogP contribution >= 0.6 is 11.8 Å². The van der Waals surface area contributed by atoms with Crippen LogP contribution in [0.1, 0.15) is 24.4 Å². The summed E-state index contributed by atoms with van der Waals surface area (Å²) in [5.41, 5.74) is 1.88. The first-order valence-electron chi connectivity index (χ1n) is 9.88. The van der Waals surface area contributed by atoms with Crippen LogP contribution in [0.15, 0.2) is 53.9 Å². The van der Waals surface area contributed by atoms with Gasteiger partial charge in [-0.3, -0.25) is 14.3 Å². The minimum Gasteiger partial charge on any atom is -0.435 e. The zero-order valence-electron chi connectivity index (χ0n) is 16.6. The minimum absolute atomic E-state index is 0.0986. The fourth-order valence-corrected chi connectivity index (χ4v) is 3.94. The monoisotopic (exact) mass is 445 g/mol. The lowest BCUT2D eigenvalue weighted by Gasteiger charge is -2.09. The van der Waals surface area contributed by atoms with Crippen LogP contribution < -0.4 is 10.1 Å². The second-order valence-corrected chi connectivity index (χ2v) is 8.00. The van der Waals surface area contributed by atoms with E-state index in [0.717, 1.165) is 34.9 Å². The quantitative estimate of drug-likeness (QED) is 0.479. The maximum absolute atomic E-state index is 12.3. The molecule has 1 aliphatic rings. The number of hydrogen-bond acceptors (Lipinski definition) is 6. The van der Waals surface area contributed by atoms with Gasteiger partial charge in [-0.15, -0.1) is 10.2 Å². The molecule has 1 saturated carbocycles. The van der Waals surface area contributed by atoms with Gasteiger partial charge in [-0.1, -0.05) is 23.9 Å². The van der Waals surface area contributed by atoms with Crippen LogP contribution in [-0.4, -0.2) is 44.6 Å². The first-order chi connectivity index (χ1) is 15.1. The number of thioether (sulfide) groups is 1. The molecule has 0 spiro atoms. The lowest BCUT2D eigenvalue weighted by atomic mass is 10.1. The number of carbonyl (C=O) groups excluding carboxylic acids is 1. The third-order valence-corrected chi connectivity index (χ3v) is 5.67. The highest BCUT2D eigenvalue weighted by Gasteiger charge is 2.30. The Morgan fingerprint density at radius 3 is 2.58 bits per heavy atom. The Hall–Kier alpha value is -3.01. The van der Waals surface area contributed by atoms with Gasteiger partial charge in [0.05, 0.1) is 5.75 Å². The maximum Gasteiger partial charge on any atom is 0.387 e. The number of nitrogens with zero attached hydrogens (tertiary/aromatic N) is 4. The molecule has 4 rings (SSSR count). The van der Waals surface area contributed by atoms with Crippen molar-refractivity contribution in [2.45, 2.75) is 37.1 Å². The Morgan fingerprint density at radius 1 is 1.16 bits per heavy atom. The van der Waals surface area contributed by atoms with Gasteiger partial charge in [-0.2, -0.15) is 8.78 Å². The minimum atomic E-state index is -2.84. The largest absolute Gasteiger partial charge is 0.435 e. The van der Waals surface area contributed by atoms with Crippen molar-refractivity contribution < 1.29 is 18.3 Å². The van der Waals surface area contributed by atoms with Gasteiger partial charge in [-0.25, -0.2) is 0 Å². The molecule has 1 aromatic carbocycles. The van der Waals surface area contributed by atoms with Crippen LogP contribution in [0, 0.1) is 0 Å². The van der Waals surface area contributed by atoms with Crippen LogP contribution in [-0.2, 0) is 11.2 Å². The van der Waals surface area contributed by atoms with E-state index in [4.69, 9.17) is 0 Å². The summed E-state index contributed by atoms with van der Waals surface area (Å²) in [6, 6.07) is 10.6. The SMILES string of the molecule is O=C(CSc1nnc(-c2ccncc2)n1C1CC1)NCCc1ccc(OC(F)F)cc1. The molecule has 0 aliphatic heterocycles. The molecule has 10 heteroatoms. The molecule has 1 N–H and O–H groups in total. The van der Waals surface area contributed by atoms with E-state index in [2.05, 4.69) is 29.8 Å². The Kier molecular flexibility index (Phi) is 6.76. The number of amides is 1. The molecule has 0 saturated heterocycles. The Bertz CT molecular complexity index is 1010. The molecule has 1 aliphatic carbocycles. The fraction of sp³-hybridized carbons (Fsp3) is 0.333. The van der Waals surface area contributed by atoms with Crippen molar-refractivity contribution in [2.75, 3.05) is 12.3 Å². The predicted molar refractivity (Wildman–Crippen MR) is 112 cm³/mol. The lowest BCUT2D eigenvalue weighted by Crippen LogP contribution is -2.27. The molecule has 0 atom stereocenters. The van der Waals surface area contributed by atoms with Crippen molar-refractivity contribution in [1.29, 1.82) is 0 Å². The van der Waals surface area contributed by atoms with E-state index in [0.29, 0.717) is 19.0 Å². The zero-order valence-corrected chi connectivity index (χ0v) is 17.4. The third-order valence-electron chi connectivity index (χ3n) is 4.73. The Labute approximate surface area is 182 Å². The summed E-state index contributed by atoms with van der Waals surface area (Å²) in [5.74, 6) is 1.05. The van der Waals surface area contributed by atoms with E-state index in [-0.39, 0.29) is 17.4 Å². The number of rotatable bonds is 10. The number of alkyl halides is 2. The van der Waals surface area contributed by atoms with Crippen LogP contribution in [0.25, 0.3) is 11.4 Å². The van der Waals surface area contributed by atoms with Crippen molar-refractivity contribution in [3.63, 3.8) is 0 Å². The fourth-order valence-electron chi connectivity index (χ4n) is 3.10. The van der Waals surface area contributed by atoms with Gasteiger partial charge < -0.3 is 10.1 Å². The highest BCUT2D eigenvalue weighted by atomic mass is 32.2. The predicted octanol–water partition coefficient (Wildman–Crippen LogP) is 3.73. The van der Waals surface area contributed by atoms with E-state index < -0.39 is 6.61 Å². The van der Waals surface area contributed by atoms with Crippen molar-refractivity contribution in [3.05, 3.63) is 54.4 Å². The summed E-state index contributed by atoms with van der Waals surface area (Å²) in [4.78, 5) is 16.3.